The molecule has 158 valence electrons. The second-order valence-corrected chi connectivity index (χ2v) is 8.96. The number of para-hydroxylation sites is 1. The van der Waals surface area contributed by atoms with Crippen LogP contribution < -0.4 is 10.5 Å². The highest BCUT2D eigenvalue weighted by Gasteiger charge is 2.28. The van der Waals surface area contributed by atoms with Crippen LogP contribution in [0.2, 0.25) is 5.02 Å². The lowest BCUT2D eigenvalue weighted by Crippen LogP contribution is -2.39. The number of carbonyl (C=O) groups excluding carboxylic acids is 1. The van der Waals surface area contributed by atoms with E-state index in [2.05, 4.69) is 16.0 Å². The zero-order valence-electron chi connectivity index (χ0n) is 16.5. The normalized spacial score (nSPS) is 16.7. The first-order valence-corrected chi connectivity index (χ1v) is 11.2. The van der Waals surface area contributed by atoms with E-state index in [4.69, 9.17) is 21.3 Å². The van der Waals surface area contributed by atoms with Crippen molar-refractivity contribution in [2.45, 2.75) is 19.4 Å². The molecule has 5 rings (SSSR count). The molecule has 0 bridgehead atoms. The van der Waals surface area contributed by atoms with E-state index in [-0.39, 0.29) is 24.1 Å². The van der Waals surface area contributed by atoms with E-state index in [9.17, 15) is 9.59 Å². The maximum atomic E-state index is 12.7. The average molecular weight is 455 g/mol. The van der Waals surface area contributed by atoms with Crippen molar-refractivity contribution in [2.75, 3.05) is 18.0 Å². The Hall–Kier alpha value is -2.97. The van der Waals surface area contributed by atoms with E-state index in [1.165, 1.54) is 16.7 Å². The zero-order chi connectivity index (χ0) is 21.4. The van der Waals surface area contributed by atoms with Crippen LogP contribution in [0.15, 0.2) is 53.5 Å². The van der Waals surface area contributed by atoms with Gasteiger partial charge in [-0.2, -0.15) is 0 Å². The molecule has 1 aliphatic heterocycles. The van der Waals surface area contributed by atoms with E-state index < -0.39 is 0 Å². The number of ether oxygens (including phenoxy) is 1. The van der Waals surface area contributed by atoms with Gasteiger partial charge in [0, 0.05) is 25.4 Å². The molecule has 1 atom stereocenters. The predicted molar refractivity (Wildman–Crippen MR) is 121 cm³/mol. The first-order chi connectivity index (χ1) is 15.1. The summed E-state index contributed by atoms with van der Waals surface area (Å²) < 4.78 is 8.02. The number of carbonyl (C=O) groups is 1. The SMILES string of the molecule is O=C(OCc1cc(=O)n2cc(Cl)ccc2n1)C1CCCN(c2nc3ccccc3s2)C1. The number of aromatic nitrogens is 3. The smallest absolute Gasteiger partial charge is 0.311 e. The molecule has 1 aliphatic rings. The van der Waals surface area contributed by atoms with Gasteiger partial charge in [-0.15, -0.1) is 0 Å². The Morgan fingerprint density at radius 3 is 2.97 bits per heavy atom. The molecule has 1 aromatic carbocycles. The Kier molecular flexibility index (Phi) is 5.33. The van der Waals surface area contributed by atoms with Crippen LogP contribution >= 0.6 is 22.9 Å². The number of thiazole rings is 1. The van der Waals surface area contributed by atoms with E-state index in [1.807, 2.05) is 18.2 Å². The van der Waals surface area contributed by atoms with Crippen LogP contribution in [-0.2, 0) is 16.1 Å². The highest BCUT2D eigenvalue weighted by atomic mass is 35.5. The summed E-state index contributed by atoms with van der Waals surface area (Å²) in [6.07, 6.45) is 3.18. The van der Waals surface area contributed by atoms with Crippen LogP contribution in [0, 0.1) is 5.92 Å². The molecule has 0 aliphatic carbocycles. The van der Waals surface area contributed by atoms with Gasteiger partial charge in [0.2, 0.25) is 0 Å². The minimum absolute atomic E-state index is 0.0369. The van der Waals surface area contributed by atoms with Crippen molar-refractivity contribution < 1.29 is 9.53 Å². The molecule has 4 aromatic rings. The second-order valence-electron chi connectivity index (χ2n) is 7.52. The van der Waals surface area contributed by atoms with Gasteiger partial charge in [0.25, 0.3) is 5.56 Å². The molecule has 1 saturated heterocycles. The predicted octanol–water partition coefficient (Wildman–Crippen LogP) is 3.92. The first-order valence-electron chi connectivity index (χ1n) is 10.0. The van der Waals surface area contributed by atoms with E-state index in [0.717, 1.165) is 34.7 Å². The summed E-state index contributed by atoms with van der Waals surface area (Å²) in [5.41, 5.74) is 1.59. The topological polar surface area (TPSA) is 76.8 Å². The third kappa shape index (κ3) is 4.13. The number of hydrogen-bond donors (Lipinski definition) is 0. The molecule has 0 saturated carbocycles. The number of piperidine rings is 1. The first kappa shape index (κ1) is 20.0. The molecule has 7 nitrogen and oxygen atoms in total. The third-order valence-corrected chi connectivity index (χ3v) is 6.67. The van der Waals surface area contributed by atoms with Crippen molar-refractivity contribution in [2.24, 2.45) is 5.92 Å². The number of fused-ring (bicyclic) bond motifs is 2. The number of esters is 1. The van der Waals surface area contributed by atoms with E-state index in [0.29, 0.717) is 22.9 Å². The minimum atomic E-state index is -0.274. The fraction of sp³-hybridized carbons (Fsp3) is 0.273. The standard InChI is InChI=1S/C22H19ClN4O3S/c23-15-7-8-19-24-16(10-20(28)27(19)12-15)13-30-21(29)14-4-3-9-26(11-14)22-25-17-5-1-2-6-18(17)31-22/h1-2,5-8,10,12,14H,3-4,9,11,13H2. The molecular weight excluding hydrogens is 436 g/mol. The fourth-order valence-corrected chi connectivity index (χ4v) is 4.96. The molecule has 31 heavy (non-hydrogen) atoms. The number of nitrogens with zero attached hydrogens (tertiary/aromatic N) is 4. The zero-order valence-corrected chi connectivity index (χ0v) is 18.1. The Bertz CT molecular complexity index is 1300. The van der Waals surface area contributed by atoms with Gasteiger partial charge in [-0.25, -0.2) is 9.97 Å². The summed E-state index contributed by atoms with van der Waals surface area (Å²) in [5.74, 6) is -0.509. The van der Waals surface area contributed by atoms with Gasteiger partial charge in [-0.3, -0.25) is 14.0 Å². The van der Waals surface area contributed by atoms with Gasteiger partial charge < -0.3 is 9.64 Å². The lowest BCUT2D eigenvalue weighted by molar-refractivity contribution is -0.150. The van der Waals surface area contributed by atoms with Crippen LogP contribution in [0.1, 0.15) is 18.5 Å². The molecule has 3 aromatic heterocycles. The fourth-order valence-electron chi connectivity index (χ4n) is 3.80. The lowest BCUT2D eigenvalue weighted by Gasteiger charge is -2.31. The summed E-state index contributed by atoms with van der Waals surface area (Å²) in [6, 6.07) is 12.7. The molecular formula is C22H19ClN4O3S. The van der Waals surface area contributed by atoms with Crippen LogP contribution in [0.3, 0.4) is 0 Å². The number of pyridine rings is 1. The Morgan fingerprint density at radius 1 is 1.23 bits per heavy atom. The van der Waals surface area contributed by atoms with Gasteiger partial charge >= 0.3 is 5.97 Å². The van der Waals surface area contributed by atoms with Crippen molar-refractivity contribution in [3.63, 3.8) is 0 Å². The van der Waals surface area contributed by atoms with Gasteiger partial charge in [-0.05, 0) is 37.1 Å². The summed E-state index contributed by atoms with van der Waals surface area (Å²) in [4.78, 5) is 36.3. The van der Waals surface area contributed by atoms with Gasteiger partial charge in [-0.1, -0.05) is 35.1 Å². The molecule has 0 spiro atoms. The summed E-state index contributed by atoms with van der Waals surface area (Å²) in [6.45, 7) is 1.41. The molecule has 0 amide bonds. The van der Waals surface area contributed by atoms with Crippen molar-refractivity contribution >= 4 is 49.9 Å². The highest BCUT2D eigenvalue weighted by Crippen LogP contribution is 2.31. The number of hydrogen-bond acceptors (Lipinski definition) is 7. The molecule has 1 fully saturated rings. The van der Waals surface area contributed by atoms with Crippen molar-refractivity contribution in [3.8, 4) is 0 Å². The number of benzene rings is 1. The van der Waals surface area contributed by atoms with Gasteiger partial charge in [0.05, 0.1) is 26.9 Å². The minimum Gasteiger partial charge on any atom is -0.459 e. The van der Waals surface area contributed by atoms with Crippen LogP contribution in [0.4, 0.5) is 5.13 Å². The van der Waals surface area contributed by atoms with E-state index in [1.54, 1.807) is 23.5 Å². The Balaban J connectivity index is 1.26. The van der Waals surface area contributed by atoms with Crippen molar-refractivity contribution in [1.29, 1.82) is 0 Å². The Morgan fingerprint density at radius 2 is 2.10 bits per heavy atom. The molecule has 0 radical (unpaired) electrons. The number of anilines is 1. The van der Waals surface area contributed by atoms with Crippen LogP contribution in [-0.4, -0.2) is 33.4 Å². The molecule has 0 N–H and O–H groups in total. The van der Waals surface area contributed by atoms with Gasteiger partial charge in [0.15, 0.2) is 5.13 Å². The molecule has 1 unspecified atom stereocenters. The quantitative estimate of drug-likeness (QED) is 0.435. The summed E-state index contributed by atoms with van der Waals surface area (Å²) in [5, 5.41) is 1.38. The lowest BCUT2D eigenvalue weighted by atomic mass is 9.99. The maximum Gasteiger partial charge on any atom is 0.311 e. The number of halogens is 1. The second kappa shape index (κ2) is 8.28. The summed E-state index contributed by atoms with van der Waals surface area (Å²) >= 11 is 7.57. The van der Waals surface area contributed by atoms with Crippen LogP contribution in [0.5, 0.6) is 0 Å². The maximum absolute atomic E-state index is 12.7. The Labute approximate surface area is 186 Å². The van der Waals surface area contributed by atoms with E-state index >= 15 is 0 Å². The van der Waals surface area contributed by atoms with Crippen LogP contribution in [0.25, 0.3) is 15.9 Å². The average Bonchev–Trinajstić information content (AvgIpc) is 3.22. The highest BCUT2D eigenvalue weighted by molar-refractivity contribution is 7.22. The van der Waals surface area contributed by atoms with Crippen molar-refractivity contribution in [1.82, 2.24) is 14.4 Å². The summed E-state index contributed by atoms with van der Waals surface area (Å²) in [7, 11) is 0. The molecule has 9 heteroatoms. The van der Waals surface area contributed by atoms with Gasteiger partial charge in [0.1, 0.15) is 12.3 Å². The number of rotatable bonds is 4. The third-order valence-electron chi connectivity index (χ3n) is 5.35. The largest absolute Gasteiger partial charge is 0.459 e. The monoisotopic (exact) mass is 454 g/mol. The van der Waals surface area contributed by atoms with Crippen molar-refractivity contribution in [3.05, 3.63) is 69.7 Å². The molecule has 4 heterocycles.